The summed E-state index contributed by atoms with van der Waals surface area (Å²) in [5.74, 6) is 1.63. The second kappa shape index (κ2) is 7.86. The fourth-order valence-corrected chi connectivity index (χ4v) is 2.81. The average molecular weight is 301 g/mol. The zero-order chi connectivity index (χ0) is 14.4. The topological polar surface area (TPSA) is 40.1 Å². The molecule has 2 saturated heterocycles. The van der Waals surface area contributed by atoms with Gasteiger partial charge in [-0.2, -0.15) is 0 Å². The molecule has 0 bridgehead atoms. The number of aliphatic imine (C=N–C) groups is 1. The van der Waals surface area contributed by atoms with E-state index in [-0.39, 0.29) is 0 Å². The summed E-state index contributed by atoms with van der Waals surface area (Å²) in [6.07, 6.45) is 1.21. The van der Waals surface area contributed by atoms with E-state index >= 15 is 0 Å². The molecule has 0 aromatic heterocycles. The van der Waals surface area contributed by atoms with Gasteiger partial charge in [-0.15, -0.1) is 0 Å². The SMILES string of the molecule is C=C(Cl)CNC(=NC)N1CCN(CC2CCOC2)CC1. The zero-order valence-electron chi connectivity index (χ0n) is 12.3. The third-order valence-corrected chi connectivity index (χ3v) is 4.00. The van der Waals surface area contributed by atoms with Gasteiger partial charge in [0.15, 0.2) is 5.96 Å². The lowest BCUT2D eigenvalue weighted by Crippen LogP contribution is -2.53. The summed E-state index contributed by atoms with van der Waals surface area (Å²) < 4.78 is 5.44. The van der Waals surface area contributed by atoms with Crippen molar-refractivity contribution in [2.75, 3.05) is 59.5 Å². The first-order chi connectivity index (χ1) is 9.69. The molecule has 1 unspecified atom stereocenters. The van der Waals surface area contributed by atoms with Crippen molar-refractivity contribution in [1.82, 2.24) is 15.1 Å². The Hall–Kier alpha value is -0.780. The Bertz CT molecular complexity index is 347. The molecule has 2 aliphatic heterocycles. The summed E-state index contributed by atoms with van der Waals surface area (Å²) in [6.45, 7) is 11.4. The van der Waals surface area contributed by atoms with Crippen LogP contribution in [0.2, 0.25) is 0 Å². The van der Waals surface area contributed by atoms with Crippen LogP contribution >= 0.6 is 11.6 Å². The minimum Gasteiger partial charge on any atom is -0.381 e. The first-order valence-electron chi connectivity index (χ1n) is 7.28. The van der Waals surface area contributed by atoms with E-state index in [1.54, 1.807) is 0 Å². The lowest BCUT2D eigenvalue weighted by molar-refractivity contribution is 0.139. The summed E-state index contributed by atoms with van der Waals surface area (Å²) in [4.78, 5) is 9.12. The number of nitrogens with zero attached hydrogens (tertiary/aromatic N) is 3. The lowest BCUT2D eigenvalue weighted by Gasteiger charge is -2.37. The van der Waals surface area contributed by atoms with E-state index in [9.17, 15) is 0 Å². The molecule has 0 aromatic carbocycles. The van der Waals surface area contributed by atoms with Gasteiger partial charge in [0.25, 0.3) is 0 Å². The smallest absolute Gasteiger partial charge is 0.194 e. The van der Waals surface area contributed by atoms with Gasteiger partial charge >= 0.3 is 0 Å². The van der Waals surface area contributed by atoms with Gasteiger partial charge in [0.1, 0.15) is 0 Å². The molecule has 2 fully saturated rings. The van der Waals surface area contributed by atoms with E-state index in [0.717, 1.165) is 51.3 Å². The largest absolute Gasteiger partial charge is 0.381 e. The molecule has 0 saturated carbocycles. The highest BCUT2D eigenvalue weighted by molar-refractivity contribution is 6.29. The Morgan fingerprint density at radius 3 is 2.70 bits per heavy atom. The highest BCUT2D eigenvalue weighted by Gasteiger charge is 2.23. The number of hydrogen-bond acceptors (Lipinski definition) is 3. The number of ether oxygens (including phenoxy) is 1. The minimum atomic E-state index is 0.563. The molecule has 1 atom stereocenters. The normalized spacial score (nSPS) is 25.0. The number of piperazine rings is 1. The number of rotatable bonds is 4. The Morgan fingerprint density at radius 1 is 1.40 bits per heavy atom. The van der Waals surface area contributed by atoms with Crippen molar-refractivity contribution >= 4 is 17.6 Å². The molecule has 2 aliphatic rings. The first kappa shape index (κ1) is 15.6. The van der Waals surface area contributed by atoms with Crippen molar-refractivity contribution in [3.63, 3.8) is 0 Å². The maximum atomic E-state index is 5.79. The lowest BCUT2D eigenvalue weighted by atomic mass is 10.1. The third kappa shape index (κ3) is 4.65. The van der Waals surface area contributed by atoms with Crippen molar-refractivity contribution in [3.05, 3.63) is 11.6 Å². The predicted molar refractivity (Wildman–Crippen MR) is 83.3 cm³/mol. The summed E-state index contributed by atoms with van der Waals surface area (Å²) in [6, 6.07) is 0. The van der Waals surface area contributed by atoms with Crippen LogP contribution in [0.4, 0.5) is 0 Å². The molecule has 114 valence electrons. The second-order valence-electron chi connectivity index (χ2n) is 5.44. The molecule has 2 heterocycles. The quantitative estimate of drug-likeness (QED) is 0.620. The Kier molecular flexibility index (Phi) is 6.13. The summed E-state index contributed by atoms with van der Waals surface area (Å²) in [7, 11) is 1.81. The molecular formula is C14H25ClN4O. The zero-order valence-corrected chi connectivity index (χ0v) is 13.0. The van der Waals surface area contributed by atoms with Crippen LogP contribution in [0.5, 0.6) is 0 Å². The van der Waals surface area contributed by atoms with E-state index in [1.165, 1.54) is 13.0 Å². The van der Waals surface area contributed by atoms with Gasteiger partial charge < -0.3 is 15.0 Å². The highest BCUT2D eigenvalue weighted by atomic mass is 35.5. The Balaban J connectivity index is 1.73. The summed E-state index contributed by atoms with van der Waals surface area (Å²) in [5.41, 5.74) is 0. The number of nitrogens with one attached hydrogen (secondary N) is 1. The molecule has 2 rings (SSSR count). The maximum Gasteiger partial charge on any atom is 0.194 e. The molecule has 0 spiro atoms. The molecule has 1 N–H and O–H groups in total. The number of guanidine groups is 1. The molecule has 20 heavy (non-hydrogen) atoms. The van der Waals surface area contributed by atoms with E-state index < -0.39 is 0 Å². The fourth-order valence-electron chi connectivity index (χ4n) is 2.74. The van der Waals surface area contributed by atoms with E-state index in [2.05, 4.69) is 26.7 Å². The molecular weight excluding hydrogens is 276 g/mol. The van der Waals surface area contributed by atoms with Crippen LogP contribution in [-0.4, -0.2) is 75.3 Å². The highest BCUT2D eigenvalue weighted by Crippen LogP contribution is 2.15. The average Bonchev–Trinajstić information content (AvgIpc) is 2.94. The van der Waals surface area contributed by atoms with Gasteiger partial charge in [0, 0.05) is 51.4 Å². The summed E-state index contributed by atoms with van der Waals surface area (Å²) >= 11 is 5.79. The van der Waals surface area contributed by atoms with Crippen LogP contribution in [0, 0.1) is 5.92 Å². The maximum absolute atomic E-state index is 5.79. The Labute approximate surface area is 126 Å². The van der Waals surface area contributed by atoms with E-state index in [4.69, 9.17) is 16.3 Å². The van der Waals surface area contributed by atoms with Gasteiger partial charge in [-0.05, 0) is 12.3 Å². The third-order valence-electron chi connectivity index (χ3n) is 3.86. The molecule has 5 nitrogen and oxygen atoms in total. The predicted octanol–water partition coefficient (Wildman–Crippen LogP) is 0.968. The van der Waals surface area contributed by atoms with Gasteiger partial charge in [-0.1, -0.05) is 18.2 Å². The Morgan fingerprint density at radius 2 is 2.15 bits per heavy atom. The van der Waals surface area contributed by atoms with Crippen LogP contribution < -0.4 is 5.32 Å². The van der Waals surface area contributed by atoms with Crippen molar-refractivity contribution in [2.45, 2.75) is 6.42 Å². The molecule has 6 heteroatoms. The van der Waals surface area contributed by atoms with Gasteiger partial charge in [-0.25, -0.2) is 0 Å². The molecule has 0 amide bonds. The summed E-state index contributed by atoms with van der Waals surface area (Å²) in [5, 5.41) is 3.84. The van der Waals surface area contributed by atoms with Crippen molar-refractivity contribution in [1.29, 1.82) is 0 Å². The van der Waals surface area contributed by atoms with E-state index in [1.807, 2.05) is 7.05 Å². The molecule has 0 aliphatic carbocycles. The van der Waals surface area contributed by atoms with Crippen LogP contribution in [0.1, 0.15) is 6.42 Å². The van der Waals surface area contributed by atoms with Gasteiger partial charge in [-0.3, -0.25) is 9.89 Å². The monoisotopic (exact) mass is 300 g/mol. The standard InChI is InChI=1S/C14H25ClN4O/c1-12(15)9-17-14(16-2)19-6-4-18(5-7-19)10-13-3-8-20-11-13/h13H,1,3-11H2,2H3,(H,16,17). The van der Waals surface area contributed by atoms with Gasteiger partial charge in [0.2, 0.25) is 0 Å². The van der Waals surface area contributed by atoms with Crippen LogP contribution in [0.3, 0.4) is 0 Å². The molecule has 0 radical (unpaired) electrons. The van der Waals surface area contributed by atoms with Crippen LogP contribution in [0.15, 0.2) is 16.6 Å². The van der Waals surface area contributed by atoms with Crippen molar-refractivity contribution < 1.29 is 4.74 Å². The van der Waals surface area contributed by atoms with Gasteiger partial charge in [0.05, 0.1) is 13.2 Å². The minimum absolute atomic E-state index is 0.563. The fraction of sp³-hybridized carbons (Fsp3) is 0.786. The van der Waals surface area contributed by atoms with Crippen LogP contribution in [-0.2, 0) is 4.74 Å². The second-order valence-corrected chi connectivity index (χ2v) is 5.97. The number of hydrogen-bond donors (Lipinski definition) is 1. The first-order valence-corrected chi connectivity index (χ1v) is 7.66. The van der Waals surface area contributed by atoms with Crippen molar-refractivity contribution in [2.24, 2.45) is 10.9 Å². The number of halogens is 1. The molecule has 0 aromatic rings. The van der Waals surface area contributed by atoms with Crippen molar-refractivity contribution in [3.8, 4) is 0 Å². The van der Waals surface area contributed by atoms with E-state index in [0.29, 0.717) is 11.6 Å². The van der Waals surface area contributed by atoms with Crippen LogP contribution in [0.25, 0.3) is 0 Å².